The zero-order chi connectivity index (χ0) is 15.0. The van der Waals surface area contributed by atoms with Crippen LogP contribution in [-0.4, -0.2) is 15.1 Å². The normalized spacial score (nSPS) is 11.2. The largest absolute Gasteiger partial charge is 0.507 e. The highest BCUT2D eigenvalue weighted by molar-refractivity contribution is 5.80. The standard InChI is InChI=1S/C17H16N2O2/c1-10(2)11-7-8-15(20)13(9-11)16-18-14-6-4-3-5-12(14)17(21)19-16/h3-10,20H,1-2H3,(H,18,19,21). The number of aromatic nitrogens is 2. The third kappa shape index (κ3) is 2.40. The van der Waals surface area contributed by atoms with Crippen LogP contribution in [0.1, 0.15) is 25.3 Å². The van der Waals surface area contributed by atoms with Gasteiger partial charge in [-0.25, -0.2) is 4.98 Å². The van der Waals surface area contributed by atoms with E-state index >= 15 is 0 Å². The predicted octanol–water partition coefficient (Wildman–Crippen LogP) is 3.42. The molecule has 0 aliphatic carbocycles. The molecule has 0 saturated carbocycles. The van der Waals surface area contributed by atoms with E-state index < -0.39 is 0 Å². The molecule has 106 valence electrons. The van der Waals surface area contributed by atoms with Crippen molar-refractivity contribution in [2.45, 2.75) is 19.8 Å². The molecule has 0 aliphatic rings. The van der Waals surface area contributed by atoms with Gasteiger partial charge in [-0.15, -0.1) is 0 Å². The molecule has 0 unspecified atom stereocenters. The highest BCUT2D eigenvalue weighted by Crippen LogP contribution is 2.30. The maximum Gasteiger partial charge on any atom is 0.259 e. The zero-order valence-corrected chi connectivity index (χ0v) is 11.9. The molecule has 0 atom stereocenters. The van der Waals surface area contributed by atoms with Crippen molar-refractivity contribution in [3.8, 4) is 17.1 Å². The number of fused-ring (bicyclic) bond motifs is 1. The number of rotatable bonds is 2. The van der Waals surface area contributed by atoms with Gasteiger partial charge in [0.15, 0.2) is 0 Å². The first-order chi connectivity index (χ1) is 10.1. The van der Waals surface area contributed by atoms with E-state index in [0.717, 1.165) is 5.56 Å². The van der Waals surface area contributed by atoms with Gasteiger partial charge in [-0.1, -0.05) is 32.0 Å². The van der Waals surface area contributed by atoms with E-state index in [1.165, 1.54) is 0 Å². The van der Waals surface area contributed by atoms with Crippen molar-refractivity contribution in [3.05, 3.63) is 58.4 Å². The molecular formula is C17H16N2O2. The molecule has 0 bridgehead atoms. The van der Waals surface area contributed by atoms with E-state index in [0.29, 0.717) is 28.2 Å². The second-order valence-corrected chi connectivity index (χ2v) is 5.36. The fourth-order valence-corrected chi connectivity index (χ4v) is 2.32. The lowest BCUT2D eigenvalue weighted by Gasteiger charge is -2.10. The molecule has 4 nitrogen and oxygen atoms in total. The Hall–Kier alpha value is -2.62. The fourth-order valence-electron chi connectivity index (χ4n) is 2.32. The summed E-state index contributed by atoms with van der Waals surface area (Å²) in [6, 6.07) is 12.5. The SMILES string of the molecule is CC(C)c1ccc(O)c(-c2nc3ccccc3c(=O)[nH]2)c1. The number of hydrogen-bond acceptors (Lipinski definition) is 3. The third-order valence-corrected chi connectivity index (χ3v) is 3.56. The topological polar surface area (TPSA) is 66.0 Å². The van der Waals surface area contributed by atoms with Gasteiger partial charge in [0.1, 0.15) is 11.6 Å². The lowest BCUT2D eigenvalue weighted by molar-refractivity contribution is 0.476. The Bertz CT molecular complexity index is 866. The number of benzene rings is 2. The predicted molar refractivity (Wildman–Crippen MR) is 83.6 cm³/mol. The van der Waals surface area contributed by atoms with Crippen molar-refractivity contribution in [1.82, 2.24) is 9.97 Å². The first kappa shape index (κ1) is 13.4. The Kier molecular flexibility index (Phi) is 3.22. The molecule has 0 aliphatic heterocycles. The van der Waals surface area contributed by atoms with Crippen molar-refractivity contribution < 1.29 is 5.11 Å². The number of aromatic hydroxyl groups is 1. The first-order valence-corrected chi connectivity index (χ1v) is 6.88. The minimum absolute atomic E-state index is 0.109. The Morgan fingerprint density at radius 3 is 2.67 bits per heavy atom. The van der Waals surface area contributed by atoms with E-state index in [9.17, 15) is 9.90 Å². The van der Waals surface area contributed by atoms with Gasteiger partial charge >= 0.3 is 0 Å². The van der Waals surface area contributed by atoms with Gasteiger partial charge in [-0.3, -0.25) is 4.79 Å². The minimum atomic E-state index is -0.204. The smallest absolute Gasteiger partial charge is 0.259 e. The van der Waals surface area contributed by atoms with Crippen LogP contribution in [0.5, 0.6) is 5.75 Å². The van der Waals surface area contributed by atoms with Crippen molar-refractivity contribution in [2.24, 2.45) is 0 Å². The van der Waals surface area contributed by atoms with E-state index in [-0.39, 0.29) is 11.3 Å². The van der Waals surface area contributed by atoms with Crippen LogP contribution in [0.2, 0.25) is 0 Å². The molecule has 0 fully saturated rings. The van der Waals surface area contributed by atoms with Crippen LogP contribution >= 0.6 is 0 Å². The molecule has 0 spiro atoms. The second-order valence-electron chi connectivity index (χ2n) is 5.36. The molecular weight excluding hydrogens is 264 g/mol. The summed E-state index contributed by atoms with van der Waals surface area (Å²) in [7, 11) is 0. The average Bonchev–Trinajstić information content (AvgIpc) is 2.47. The summed E-state index contributed by atoms with van der Waals surface area (Å²) in [5.74, 6) is 0.827. The Labute approximate surface area is 122 Å². The van der Waals surface area contributed by atoms with Crippen LogP contribution in [0, 0.1) is 0 Å². The summed E-state index contributed by atoms with van der Waals surface area (Å²) in [5, 5.41) is 10.6. The highest BCUT2D eigenvalue weighted by Gasteiger charge is 2.11. The number of nitrogens with zero attached hydrogens (tertiary/aromatic N) is 1. The molecule has 0 radical (unpaired) electrons. The number of phenolic OH excluding ortho intramolecular Hbond substituents is 1. The summed E-state index contributed by atoms with van der Waals surface area (Å²) in [6.45, 7) is 4.15. The molecule has 1 aromatic heterocycles. The van der Waals surface area contributed by atoms with Crippen molar-refractivity contribution in [1.29, 1.82) is 0 Å². The molecule has 2 N–H and O–H groups in total. The molecule has 21 heavy (non-hydrogen) atoms. The van der Waals surface area contributed by atoms with Gasteiger partial charge in [-0.05, 0) is 35.7 Å². The number of H-pyrrole nitrogens is 1. The van der Waals surface area contributed by atoms with Crippen molar-refractivity contribution in [2.75, 3.05) is 0 Å². The van der Waals surface area contributed by atoms with E-state index in [2.05, 4.69) is 23.8 Å². The third-order valence-electron chi connectivity index (χ3n) is 3.56. The highest BCUT2D eigenvalue weighted by atomic mass is 16.3. The molecule has 0 amide bonds. The van der Waals surface area contributed by atoms with E-state index in [4.69, 9.17) is 0 Å². The van der Waals surface area contributed by atoms with Crippen molar-refractivity contribution >= 4 is 10.9 Å². The lowest BCUT2D eigenvalue weighted by Crippen LogP contribution is -2.09. The van der Waals surface area contributed by atoms with Crippen LogP contribution in [-0.2, 0) is 0 Å². The Morgan fingerprint density at radius 1 is 1.14 bits per heavy atom. The number of para-hydroxylation sites is 1. The number of nitrogens with one attached hydrogen (secondary N) is 1. The second kappa shape index (κ2) is 5.05. The molecule has 0 saturated heterocycles. The van der Waals surface area contributed by atoms with Gasteiger partial charge in [-0.2, -0.15) is 0 Å². The lowest BCUT2D eigenvalue weighted by atomic mass is 10.00. The van der Waals surface area contributed by atoms with Gasteiger partial charge in [0.05, 0.1) is 16.5 Å². The van der Waals surface area contributed by atoms with Crippen LogP contribution in [0.15, 0.2) is 47.3 Å². The summed E-state index contributed by atoms with van der Waals surface area (Å²) in [6.07, 6.45) is 0. The van der Waals surface area contributed by atoms with E-state index in [1.807, 2.05) is 18.2 Å². The Balaban J connectivity index is 2.25. The Morgan fingerprint density at radius 2 is 1.90 bits per heavy atom. The fraction of sp³-hybridized carbons (Fsp3) is 0.176. The number of hydrogen-bond donors (Lipinski definition) is 2. The van der Waals surface area contributed by atoms with Crippen LogP contribution in [0.3, 0.4) is 0 Å². The quantitative estimate of drug-likeness (QED) is 0.756. The minimum Gasteiger partial charge on any atom is -0.507 e. The molecule has 4 heteroatoms. The van der Waals surface area contributed by atoms with Gasteiger partial charge < -0.3 is 10.1 Å². The van der Waals surface area contributed by atoms with Crippen molar-refractivity contribution in [3.63, 3.8) is 0 Å². The zero-order valence-electron chi connectivity index (χ0n) is 11.9. The molecule has 3 rings (SSSR count). The summed E-state index contributed by atoms with van der Waals surface area (Å²) in [5.41, 5.74) is 2.04. The molecule has 3 aromatic rings. The number of phenols is 1. The monoisotopic (exact) mass is 280 g/mol. The average molecular weight is 280 g/mol. The van der Waals surface area contributed by atoms with Crippen LogP contribution in [0.4, 0.5) is 0 Å². The van der Waals surface area contributed by atoms with Crippen LogP contribution < -0.4 is 5.56 Å². The maximum absolute atomic E-state index is 12.1. The summed E-state index contributed by atoms with van der Waals surface area (Å²) >= 11 is 0. The molecule has 2 aromatic carbocycles. The summed E-state index contributed by atoms with van der Waals surface area (Å²) < 4.78 is 0. The van der Waals surface area contributed by atoms with Gasteiger partial charge in [0.2, 0.25) is 0 Å². The number of aromatic amines is 1. The van der Waals surface area contributed by atoms with E-state index in [1.54, 1.807) is 24.3 Å². The first-order valence-electron chi connectivity index (χ1n) is 6.88. The van der Waals surface area contributed by atoms with Gasteiger partial charge in [0.25, 0.3) is 5.56 Å². The van der Waals surface area contributed by atoms with Gasteiger partial charge in [0, 0.05) is 0 Å². The van der Waals surface area contributed by atoms with Crippen LogP contribution in [0.25, 0.3) is 22.3 Å². The maximum atomic E-state index is 12.1. The molecule has 1 heterocycles. The summed E-state index contributed by atoms with van der Waals surface area (Å²) in [4.78, 5) is 19.3.